The number of fused-ring (bicyclic) bond motifs is 1. The summed E-state index contributed by atoms with van der Waals surface area (Å²) >= 11 is 0. The van der Waals surface area contributed by atoms with E-state index in [0.717, 1.165) is 44.5 Å². The van der Waals surface area contributed by atoms with Crippen LogP contribution in [0, 0.1) is 0 Å². The number of carbonyl (C=O) groups is 2. The minimum Gasteiger partial charge on any atom is -0.309 e. The zero-order valence-electron chi connectivity index (χ0n) is 21.3. The third kappa shape index (κ3) is 4.55. The fourth-order valence-electron chi connectivity index (χ4n) is 6.50. The Bertz CT molecular complexity index is 1250. The first-order valence-corrected chi connectivity index (χ1v) is 13.5. The summed E-state index contributed by atoms with van der Waals surface area (Å²) in [5.74, 6) is -0.0511. The van der Waals surface area contributed by atoms with Crippen LogP contribution in [0.15, 0.2) is 79.0 Å². The molecule has 37 heavy (non-hydrogen) atoms. The Morgan fingerprint density at radius 2 is 1.59 bits per heavy atom. The molecule has 2 saturated heterocycles. The quantitative estimate of drug-likeness (QED) is 0.474. The van der Waals surface area contributed by atoms with E-state index in [2.05, 4.69) is 46.3 Å². The number of urea groups is 1. The summed E-state index contributed by atoms with van der Waals surface area (Å²) in [5.41, 5.74) is 4.09. The molecule has 6 rings (SSSR count). The Morgan fingerprint density at radius 3 is 2.35 bits per heavy atom. The topological polar surface area (TPSA) is 56.8 Å². The molecule has 2 aliphatic heterocycles. The Hall–Kier alpha value is -3.51. The molecule has 1 aliphatic carbocycles. The van der Waals surface area contributed by atoms with Gasteiger partial charge in [-0.3, -0.25) is 19.6 Å². The van der Waals surface area contributed by atoms with Gasteiger partial charge in [0.15, 0.2) is 0 Å². The van der Waals surface area contributed by atoms with E-state index in [0.29, 0.717) is 25.4 Å². The van der Waals surface area contributed by atoms with E-state index in [1.54, 1.807) is 6.20 Å². The molecule has 0 N–H and O–H groups in total. The van der Waals surface area contributed by atoms with Crippen molar-refractivity contribution in [2.24, 2.45) is 0 Å². The predicted molar refractivity (Wildman–Crippen MR) is 143 cm³/mol. The fraction of sp³-hybridized carbons (Fsp3) is 0.387. The SMILES string of the molecule is O=C1N(Cc2ccccn2)C(=O)C2(CCN(C3CCc4ccccc4C3)CC2)N1CCc1ccccc1. The molecule has 1 unspecified atom stereocenters. The Morgan fingerprint density at radius 1 is 0.865 bits per heavy atom. The van der Waals surface area contributed by atoms with Crippen molar-refractivity contribution in [2.75, 3.05) is 19.6 Å². The van der Waals surface area contributed by atoms with Crippen LogP contribution in [0.1, 0.15) is 41.6 Å². The van der Waals surface area contributed by atoms with Gasteiger partial charge in [0.1, 0.15) is 5.54 Å². The monoisotopic (exact) mass is 494 g/mol. The normalized spacial score (nSPS) is 21.5. The van der Waals surface area contributed by atoms with Gasteiger partial charge in [0.25, 0.3) is 5.91 Å². The molecule has 3 amide bonds. The number of imide groups is 1. The maximum atomic E-state index is 14.0. The molecule has 3 heterocycles. The summed E-state index contributed by atoms with van der Waals surface area (Å²) in [6, 6.07) is 25.0. The molecule has 0 bridgehead atoms. The highest BCUT2D eigenvalue weighted by Crippen LogP contribution is 2.39. The highest BCUT2D eigenvalue weighted by molar-refractivity contribution is 6.07. The molecule has 1 aromatic heterocycles. The van der Waals surface area contributed by atoms with Crippen LogP contribution in [-0.4, -0.2) is 62.8 Å². The van der Waals surface area contributed by atoms with E-state index in [-0.39, 0.29) is 18.5 Å². The van der Waals surface area contributed by atoms with Gasteiger partial charge >= 0.3 is 6.03 Å². The van der Waals surface area contributed by atoms with E-state index in [1.807, 2.05) is 41.3 Å². The van der Waals surface area contributed by atoms with Crippen molar-refractivity contribution in [3.8, 4) is 0 Å². The zero-order chi connectivity index (χ0) is 25.2. The number of pyridine rings is 1. The molecule has 6 heteroatoms. The second kappa shape index (κ2) is 10.1. The third-order valence-electron chi connectivity index (χ3n) is 8.60. The number of piperidine rings is 1. The predicted octanol–water partition coefficient (Wildman–Crippen LogP) is 4.48. The smallest absolute Gasteiger partial charge is 0.309 e. The van der Waals surface area contributed by atoms with Gasteiger partial charge in [0, 0.05) is 31.9 Å². The summed E-state index contributed by atoms with van der Waals surface area (Å²) in [6.07, 6.45) is 7.15. The van der Waals surface area contributed by atoms with Gasteiger partial charge in [-0.25, -0.2) is 4.79 Å². The lowest BCUT2D eigenvalue weighted by Gasteiger charge is -2.45. The van der Waals surface area contributed by atoms with Gasteiger partial charge in [0.05, 0.1) is 12.2 Å². The highest BCUT2D eigenvalue weighted by Gasteiger charge is 2.58. The van der Waals surface area contributed by atoms with Crippen LogP contribution in [0.4, 0.5) is 4.79 Å². The number of likely N-dealkylation sites (tertiary alicyclic amines) is 1. The lowest BCUT2D eigenvalue weighted by atomic mass is 9.82. The van der Waals surface area contributed by atoms with E-state index >= 15 is 0 Å². The number of aryl methyl sites for hydroxylation is 1. The van der Waals surface area contributed by atoms with Crippen LogP contribution in [0.2, 0.25) is 0 Å². The number of amides is 3. The first-order chi connectivity index (χ1) is 18.1. The lowest BCUT2D eigenvalue weighted by molar-refractivity contribution is -0.136. The molecular formula is C31H34N4O2. The molecule has 6 nitrogen and oxygen atoms in total. The molecule has 2 fully saturated rings. The average molecular weight is 495 g/mol. The molecule has 1 atom stereocenters. The molecule has 3 aromatic rings. The molecule has 2 aromatic carbocycles. The van der Waals surface area contributed by atoms with Crippen molar-refractivity contribution in [3.05, 3.63) is 101 Å². The first kappa shape index (κ1) is 23.9. The van der Waals surface area contributed by atoms with Crippen LogP contribution in [0.25, 0.3) is 0 Å². The van der Waals surface area contributed by atoms with Crippen molar-refractivity contribution in [3.63, 3.8) is 0 Å². The molecular weight excluding hydrogens is 460 g/mol. The summed E-state index contributed by atoms with van der Waals surface area (Å²) in [6.45, 7) is 2.45. The molecule has 190 valence electrons. The second-order valence-electron chi connectivity index (χ2n) is 10.6. The van der Waals surface area contributed by atoms with Gasteiger partial charge in [-0.05, 0) is 67.3 Å². The Balaban J connectivity index is 1.21. The minimum absolute atomic E-state index is 0.0511. The van der Waals surface area contributed by atoms with Crippen LogP contribution >= 0.6 is 0 Å². The van der Waals surface area contributed by atoms with Gasteiger partial charge in [0.2, 0.25) is 0 Å². The zero-order valence-corrected chi connectivity index (χ0v) is 21.3. The van der Waals surface area contributed by atoms with Crippen molar-refractivity contribution in [1.29, 1.82) is 0 Å². The maximum absolute atomic E-state index is 14.0. The largest absolute Gasteiger partial charge is 0.328 e. The van der Waals surface area contributed by atoms with Crippen LogP contribution in [-0.2, 0) is 30.6 Å². The number of aromatic nitrogens is 1. The molecule has 3 aliphatic rings. The summed E-state index contributed by atoms with van der Waals surface area (Å²) in [7, 11) is 0. The first-order valence-electron chi connectivity index (χ1n) is 13.5. The van der Waals surface area contributed by atoms with E-state index < -0.39 is 5.54 Å². The summed E-state index contributed by atoms with van der Waals surface area (Å²) < 4.78 is 0. The van der Waals surface area contributed by atoms with Gasteiger partial charge in [-0.1, -0.05) is 60.7 Å². The number of benzene rings is 2. The number of nitrogens with zero attached hydrogens (tertiary/aromatic N) is 4. The van der Waals surface area contributed by atoms with E-state index in [4.69, 9.17) is 0 Å². The average Bonchev–Trinajstić information content (AvgIpc) is 3.14. The Kier molecular flexibility index (Phi) is 6.51. The van der Waals surface area contributed by atoms with E-state index in [9.17, 15) is 9.59 Å². The number of hydrogen-bond donors (Lipinski definition) is 0. The Labute approximate surface area is 218 Å². The summed E-state index contributed by atoms with van der Waals surface area (Å²) in [5, 5.41) is 0. The minimum atomic E-state index is -0.760. The second-order valence-corrected chi connectivity index (χ2v) is 10.6. The van der Waals surface area contributed by atoms with Crippen LogP contribution in [0.3, 0.4) is 0 Å². The van der Waals surface area contributed by atoms with Crippen LogP contribution in [0.5, 0.6) is 0 Å². The molecule has 1 spiro atoms. The van der Waals surface area contributed by atoms with Crippen molar-refractivity contribution >= 4 is 11.9 Å². The molecule has 0 saturated carbocycles. The summed E-state index contributed by atoms with van der Waals surface area (Å²) in [4.78, 5) is 38.0. The van der Waals surface area contributed by atoms with Crippen molar-refractivity contribution in [2.45, 2.75) is 56.7 Å². The van der Waals surface area contributed by atoms with Crippen molar-refractivity contribution in [1.82, 2.24) is 19.7 Å². The number of hydrogen-bond acceptors (Lipinski definition) is 4. The highest BCUT2D eigenvalue weighted by atomic mass is 16.2. The fourth-order valence-corrected chi connectivity index (χ4v) is 6.50. The van der Waals surface area contributed by atoms with Gasteiger partial charge in [-0.15, -0.1) is 0 Å². The van der Waals surface area contributed by atoms with Gasteiger partial charge in [-0.2, -0.15) is 0 Å². The van der Waals surface area contributed by atoms with Crippen LogP contribution < -0.4 is 0 Å². The molecule has 0 radical (unpaired) electrons. The number of carbonyl (C=O) groups excluding carboxylic acids is 2. The number of rotatable bonds is 6. The lowest BCUT2D eigenvalue weighted by Crippen LogP contribution is -2.58. The van der Waals surface area contributed by atoms with E-state index in [1.165, 1.54) is 21.6 Å². The van der Waals surface area contributed by atoms with Gasteiger partial charge < -0.3 is 4.90 Å². The third-order valence-corrected chi connectivity index (χ3v) is 8.60. The maximum Gasteiger partial charge on any atom is 0.328 e. The van der Waals surface area contributed by atoms with Crippen molar-refractivity contribution < 1.29 is 9.59 Å². The standard InChI is InChI=1S/C31H34N4O2/c36-29-31(16-20-33(21-17-31)28-14-13-25-10-4-5-11-26(25)22-28)35(19-15-24-8-2-1-3-9-24)30(37)34(29)23-27-12-6-7-18-32-27/h1-12,18,28H,13-17,19-23H2.